The summed E-state index contributed by atoms with van der Waals surface area (Å²) in [5, 5.41) is 0. The molecule has 0 aliphatic heterocycles. The molecule has 0 N–H and O–H groups in total. The predicted molar refractivity (Wildman–Crippen MR) is 40.3 cm³/mol. The lowest BCUT2D eigenvalue weighted by molar-refractivity contribution is 0.369. The molecule has 0 spiro atoms. The van der Waals surface area contributed by atoms with Gasteiger partial charge in [-0.3, -0.25) is 0 Å². The molecule has 0 saturated heterocycles. The smallest absolute Gasteiger partial charge is 0.396 e. The third kappa shape index (κ3) is 1.73. The topological polar surface area (TPSA) is 43.4 Å². The Hall–Kier alpha value is -0.990. The Balaban J connectivity index is 2.92. The Kier molecular flexibility index (Phi) is 2.52. The van der Waals surface area contributed by atoms with Crippen LogP contribution in [-0.4, -0.2) is 0 Å². The SMILES string of the molecule is C[CH]c1oc(=O)oc1CCC. The van der Waals surface area contributed by atoms with Gasteiger partial charge in [-0.05, 0) is 6.42 Å². The van der Waals surface area contributed by atoms with Gasteiger partial charge in [-0.2, -0.15) is 0 Å². The zero-order chi connectivity index (χ0) is 8.27. The van der Waals surface area contributed by atoms with Crippen molar-refractivity contribution < 1.29 is 8.83 Å². The quantitative estimate of drug-likeness (QED) is 0.667. The third-order valence-corrected chi connectivity index (χ3v) is 1.41. The molecule has 3 nitrogen and oxygen atoms in total. The molecule has 11 heavy (non-hydrogen) atoms. The first-order chi connectivity index (χ1) is 5.27. The van der Waals surface area contributed by atoms with Crippen molar-refractivity contribution in [3.63, 3.8) is 0 Å². The van der Waals surface area contributed by atoms with Gasteiger partial charge in [0.15, 0.2) is 5.76 Å². The summed E-state index contributed by atoms with van der Waals surface area (Å²) < 4.78 is 9.53. The maximum absolute atomic E-state index is 10.6. The van der Waals surface area contributed by atoms with E-state index >= 15 is 0 Å². The Morgan fingerprint density at radius 2 is 2.18 bits per heavy atom. The molecule has 1 radical (unpaired) electrons. The fourth-order valence-electron chi connectivity index (χ4n) is 0.940. The van der Waals surface area contributed by atoms with Gasteiger partial charge in [-0.15, -0.1) is 0 Å². The Bertz CT molecular complexity index is 269. The van der Waals surface area contributed by atoms with Gasteiger partial charge < -0.3 is 8.83 Å². The standard InChI is InChI=1S/C8H11O3/c1-3-5-7-6(4-2)10-8(9)11-7/h4H,3,5H2,1-2H3. The predicted octanol–water partition coefficient (Wildman–Crippen LogP) is 1.76. The first-order valence-electron chi connectivity index (χ1n) is 3.70. The molecule has 1 rings (SSSR count). The van der Waals surface area contributed by atoms with Gasteiger partial charge in [0, 0.05) is 12.8 Å². The van der Waals surface area contributed by atoms with Crippen LogP contribution in [0.15, 0.2) is 13.6 Å². The Labute approximate surface area is 65.0 Å². The molecule has 3 heteroatoms. The Morgan fingerprint density at radius 3 is 2.73 bits per heavy atom. The van der Waals surface area contributed by atoms with Crippen LogP contribution in [0.4, 0.5) is 0 Å². The van der Waals surface area contributed by atoms with Crippen LogP contribution in [-0.2, 0) is 6.42 Å². The van der Waals surface area contributed by atoms with E-state index in [1.807, 2.05) is 13.8 Å². The highest BCUT2D eigenvalue weighted by molar-refractivity contribution is 5.11. The summed E-state index contributed by atoms with van der Waals surface area (Å²) in [6, 6.07) is 0. The molecule has 0 aliphatic rings. The minimum Gasteiger partial charge on any atom is -0.396 e. The van der Waals surface area contributed by atoms with E-state index in [9.17, 15) is 4.79 Å². The van der Waals surface area contributed by atoms with E-state index in [0.717, 1.165) is 12.8 Å². The van der Waals surface area contributed by atoms with Crippen molar-refractivity contribution in [3.05, 3.63) is 28.6 Å². The Morgan fingerprint density at radius 1 is 1.45 bits per heavy atom. The zero-order valence-electron chi connectivity index (χ0n) is 6.72. The fourth-order valence-corrected chi connectivity index (χ4v) is 0.940. The molecule has 61 valence electrons. The summed E-state index contributed by atoms with van der Waals surface area (Å²) >= 11 is 0. The lowest BCUT2D eigenvalue weighted by Gasteiger charge is -1.90. The third-order valence-electron chi connectivity index (χ3n) is 1.41. The van der Waals surface area contributed by atoms with Crippen LogP contribution in [0, 0.1) is 6.42 Å². The van der Waals surface area contributed by atoms with Gasteiger partial charge in [-0.1, -0.05) is 13.8 Å². The van der Waals surface area contributed by atoms with E-state index in [0.29, 0.717) is 11.5 Å². The molecular formula is C8H11O3. The molecule has 0 bridgehead atoms. The molecule has 0 unspecified atom stereocenters. The van der Waals surface area contributed by atoms with Crippen molar-refractivity contribution in [1.82, 2.24) is 0 Å². The first kappa shape index (κ1) is 8.11. The van der Waals surface area contributed by atoms with Gasteiger partial charge in [-0.25, -0.2) is 4.79 Å². The van der Waals surface area contributed by atoms with E-state index < -0.39 is 5.82 Å². The van der Waals surface area contributed by atoms with E-state index in [4.69, 9.17) is 8.83 Å². The molecule has 0 atom stereocenters. The van der Waals surface area contributed by atoms with Gasteiger partial charge in [0.05, 0.1) is 0 Å². The van der Waals surface area contributed by atoms with Gasteiger partial charge in [0.25, 0.3) is 0 Å². The average Bonchev–Trinajstić information content (AvgIpc) is 2.32. The van der Waals surface area contributed by atoms with Crippen molar-refractivity contribution in [2.45, 2.75) is 26.7 Å². The van der Waals surface area contributed by atoms with Crippen LogP contribution in [0.1, 0.15) is 31.8 Å². The van der Waals surface area contributed by atoms with Gasteiger partial charge in [0.1, 0.15) is 5.76 Å². The lowest BCUT2D eigenvalue weighted by atomic mass is 10.2. The van der Waals surface area contributed by atoms with Crippen LogP contribution < -0.4 is 5.82 Å². The largest absolute Gasteiger partial charge is 0.519 e. The average molecular weight is 155 g/mol. The van der Waals surface area contributed by atoms with Crippen molar-refractivity contribution >= 4 is 0 Å². The molecule has 0 aromatic carbocycles. The highest BCUT2D eigenvalue weighted by Crippen LogP contribution is 2.10. The van der Waals surface area contributed by atoms with E-state index in [1.165, 1.54) is 0 Å². The maximum Gasteiger partial charge on any atom is 0.519 e. The maximum atomic E-state index is 10.6. The van der Waals surface area contributed by atoms with Crippen molar-refractivity contribution in [3.8, 4) is 0 Å². The zero-order valence-corrected chi connectivity index (χ0v) is 6.72. The van der Waals surface area contributed by atoms with Crippen LogP contribution in [0.25, 0.3) is 0 Å². The molecule has 0 amide bonds. The van der Waals surface area contributed by atoms with Crippen molar-refractivity contribution in [1.29, 1.82) is 0 Å². The monoisotopic (exact) mass is 155 g/mol. The second-order valence-corrected chi connectivity index (χ2v) is 2.28. The van der Waals surface area contributed by atoms with Crippen LogP contribution in [0.3, 0.4) is 0 Å². The minimum absolute atomic E-state index is 0.567. The van der Waals surface area contributed by atoms with Crippen LogP contribution >= 0.6 is 0 Å². The van der Waals surface area contributed by atoms with Crippen molar-refractivity contribution in [2.24, 2.45) is 0 Å². The number of hydrogen-bond donors (Lipinski definition) is 0. The summed E-state index contributed by atoms with van der Waals surface area (Å²) in [5.41, 5.74) is 0. The number of hydrogen-bond acceptors (Lipinski definition) is 3. The summed E-state index contributed by atoms with van der Waals surface area (Å²) in [5.74, 6) is 0.610. The molecule has 0 fully saturated rings. The van der Waals surface area contributed by atoms with Crippen LogP contribution in [0.5, 0.6) is 0 Å². The number of aryl methyl sites for hydroxylation is 1. The van der Waals surface area contributed by atoms with Gasteiger partial charge >= 0.3 is 5.82 Å². The van der Waals surface area contributed by atoms with Crippen molar-refractivity contribution in [2.75, 3.05) is 0 Å². The molecule has 1 heterocycles. The van der Waals surface area contributed by atoms with E-state index in [-0.39, 0.29) is 0 Å². The molecule has 1 aromatic heterocycles. The number of rotatable bonds is 3. The fraction of sp³-hybridized carbons (Fsp3) is 0.500. The molecule has 1 aromatic rings. The first-order valence-corrected chi connectivity index (χ1v) is 3.70. The normalized spacial score (nSPS) is 10.4. The van der Waals surface area contributed by atoms with Gasteiger partial charge in [0.2, 0.25) is 0 Å². The van der Waals surface area contributed by atoms with E-state index in [2.05, 4.69) is 0 Å². The second kappa shape index (κ2) is 3.42. The summed E-state index contributed by atoms with van der Waals surface area (Å²) in [7, 11) is 0. The van der Waals surface area contributed by atoms with Crippen LogP contribution in [0.2, 0.25) is 0 Å². The highest BCUT2D eigenvalue weighted by Gasteiger charge is 2.08. The van der Waals surface area contributed by atoms with E-state index in [1.54, 1.807) is 6.42 Å². The highest BCUT2D eigenvalue weighted by atomic mass is 16.6. The molecule has 0 aliphatic carbocycles. The lowest BCUT2D eigenvalue weighted by Crippen LogP contribution is -1.86. The molecule has 0 saturated carbocycles. The summed E-state index contributed by atoms with van der Waals surface area (Å²) in [4.78, 5) is 10.6. The summed E-state index contributed by atoms with van der Waals surface area (Å²) in [6.45, 7) is 3.83. The minimum atomic E-state index is -0.610. The second-order valence-electron chi connectivity index (χ2n) is 2.28. The summed E-state index contributed by atoms with van der Waals surface area (Å²) in [6.07, 6.45) is 3.44. The molecular weight excluding hydrogens is 144 g/mol.